The Morgan fingerprint density at radius 2 is 2.09 bits per heavy atom. The fourth-order valence-corrected chi connectivity index (χ4v) is 3.09. The van der Waals surface area contributed by atoms with Gasteiger partial charge in [0.05, 0.1) is 17.7 Å². The number of nitrogens with one attached hydrogen (secondary N) is 1. The number of rotatable bonds is 3. The first kappa shape index (κ1) is 14.4. The molecule has 1 aromatic carbocycles. The fourth-order valence-electron chi connectivity index (χ4n) is 3.09. The van der Waals surface area contributed by atoms with E-state index in [1.54, 1.807) is 12.4 Å². The summed E-state index contributed by atoms with van der Waals surface area (Å²) in [5.74, 6) is 0.996. The van der Waals surface area contributed by atoms with Crippen LogP contribution in [0.4, 0.5) is 10.5 Å². The monoisotopic (exact) mass is 300 g/mol. The van der Waals surface area contributed by atoms with Crippen LogP contribution in [0.5, 0.6) is 5.75 Å². The van der Waals surface area contributed by atoms with Crippen LogP contribution in [0.3, 0.4) is 0 Å². The van der Waals surface area contributed by atoms with E-state index in [0.717, 1.165) is 37.3 Å². The second-order valence-electron chi connectivity index (χ2n) is 5.56. The van der Waals surface area contributed by atoms with E-state index in [0.29, 0.717) is 11.7 Å². The van der Waals surface area contributed by atoms with E-state index >= 15 is 0 Å². The Labute approximate surface area is 129 Å². The lowest BCUT2D eigenvalue weighted by molar-refractivity contribution is 0.211. The number of imidazole rings is 1. The normalized spacial score (nSPS) is 15.8. The number of hydrogen-bond acceptors (Lipinski definition) is 4. The van der Waals surface area contributed by atoms with Gasteiger partial charge in [-0.15, -0.1) is 0 Å². The molecule has 1 saturated heterocycles. The number of aromatic amines is 1. The number of H-pyrrole nitrogens is 1. The highest BCUT2D eigenvalue weighted by atomic mass is 16.5. The molecule has 3 N–H and O–H groups in total. The molecule has 0 atom stereocenters. The number of nitrogens with two attached hydrogens (primary N) is 1. The van der Waals surface area contributed by atoms with Crippen molar-refractivity contribution in [3.8, 4) is 5.75 Å². The summed E-state index contributed by atoms with van der Waals surface area (Å²) in [7, 11) is 0. The summed E-state index contributed by atoms with van der Waals surface area (Å²) in [5.41, 5.74) is 8.37. The Hall–Kier alpha value is -2.50. The van der Waals surface area contributed by atoms with Gasteiger partial charge in [0, 0.05) is 24.7 Å². The third kappa shape index (κ3) is 2.90. The van der Waals surface area contributed by atoms with Crippen molar-refractivity contribution in [2.24, 2.45) is 5.73 Å². The number of para-hydroxylation sites is 2. The highest BCUT2D eigenvalue weighted by Gasteiger charge is 2.25. The van der Waals surface area contributed by atoms with Gasteiger partial charge in [0.15, 0.2) is 5.75 Å². The molecule has 0 radical (unpaired) electrons. The first-order valence-electron chi connectivity index (χ1n) is 7.46. The second kappa shape index (κ2) is 6.09. The van der Waals surface area contributed by atoms with Gasteiger partial charge in [0.1, 0.15) is 0 Å². The maximum absolute atomic E-state index is 11.0. The van der Waals surface area contributed by atoms with Gasteiger partial charge in [-0.2, -0.15) is 0 Å². The van der Waals surface area contributed by atoms with Crippen LogP contribution >= 0.6 is 0 Å². The van der Waals surface area contributed by atoms with Crippen LogP contribution in [0.1, 0.15) is 30.1 Å². The minimum Gasteiger partial charge on any atom is -0.408 e. The summed E-state index contributed by atoms with van der Waals surface area (Å²) in [6, 6.07) is 7.50. The highest BCUT2D eigenvalue weighted by Crippen LogP contribution is 2.34. The van der Waals surface area contributed by atoms with E-state index in [2.05, 4.69) is 21.8 Å². The summed E-state index contributed by atoms with van der Waals surface area (Å²) >= 11 is 0. The van der Waals surface area contributed by atoms with E-state index in [-0.39, 0.29) is 0 Å². The largest absolute Gasteiger partial charge is 0.410 e. The Morgan fingerprint density at radius 1 is 1.36 bits per heavy atom. The molecule has 1 aliphatic rings. The fraction of sp³-hybridized carbons (Fsp3) is 0.375. The molecule has 3 rings (SSSR count). The third-order valence-electron chi connectivity index (χ3n) is 4.17. The van der Waals surface area contributed by atoms with Crippen molar-refractivity contribution in [1.29, 1.82) is 0 Å². The zero-order valence-corrected chi connectivity index (χ0v) is 12.6. The van der Waals surface area contributed by atoms with Crippen LogP contribution in [0.25, 0.3) is 0 Å². The molecule has 1 aliphatic heterocycles. The van der Waals surface area contributed by atoms with Gasteiger partial charge in [-0.3, -0.25) is 0 Å². The van der Waals surface area contributed by atoms with Crippen LogP contribution in [0.15, 0.2) is 30.6 Å². The lowest BCUT2D eigenvalue weighted by Gasteiger charge is -2.34. The Bertz CT molecular complexity index is 660. The van der Waals surface area contributed by atoms with Crippen LogP contribution in [-0.2, 0) is 0 Å². The van der Waals surface area contributed by atoms with Crippen molar-refractivity contribution in [2.75, 3.05) is 18.0 Å². The topological polar surface area (TPSA) is 84.2 Å². The standard InChI is InChI=1S/C16H20N4O2/c1-11-15(19-10-18-11)12-6-8-20(9-7-12)13-4-2-3-5-14(13)22-16(17)21/h2-5,10,12H,6-9H2,1H3,(H2,17,21)(H,18,19). The highest BCUT2D eigenvalue weighted by molar-refractivity contribution is 5.72. The number of carbonyl (C=O) groups excluding carboxylic acids is 1. The van der Waals surface area contributed by atoms with Gasteiger partial charge in [0.2, 0.25) is 0 Å². The number of amides is 1. The predicted octanol–water partition coefficient (Wildman–Crippen LogP) is 2.56. The van der Waals surface area contributed by atoms with Crippen molar-refractivity contribution in [3.05, 3.63) is 42.0 Å². The molecule has 0 saturated carbocycles. The smallest absolute Gasteiger partial charge is 0.408 e. The van der Waals surface area contributed by atoms with E-state index in [4.69, 9.17) is 10.5 Å². The van der Waals surface area contributed by atoms with E-state index in [1.165, 1.54) is 5.69 Å². The molecule has 6 nitrogen and oxygen atoms in total. The average Bonchev–Trinajstić information content (AvgIpc) is 2.94. The molecule has 0 bridgehead atoms. The van der Waals surface area contributed by atoms with Gasteiger partial charge in [0.25, 0.3) is 0 Å². The summed E-state index contributed by atoms with van der Waals surface area (Å²) in [6.45, 7) is 3.86. The summed E-state index contributed by atoms with van der Waals surface area (Å²) < 4.78 is 5.10. The quantitative estimate of drug-likeness (QED) is 0.912. The molecule has 22 heavy (non-hydrogen) atoms. The summed E-state index contributed by atoms with van der Waals surface area (Å²) in [5, 5.41) is 0. The van der Waals surface area contributed by atoms with Crippen LogP contribution < -0.4 is 15.4 Å². The minimum absolute atomic E-state index is 0.478. The lowest BCUT2D eigenvalue weighted by Crippen LogP contribution is -2.33. The molecule has 0 aliphatic carbocycles. The van der Waals surface area contributed by atoms with Crippen molar-refractivity contribution in [1.82, 2.24) is 9.97 Å². The SMILES string of the molecule is Cc1[nH]cnc1C1CCN(c2ccccc2OC(N)=O)CC1. The molecule has 0 spiro atoms. The van der Waals surface area contributed by atoms with E-state index in [1.807, 2.05) is 18.2 Å². The first-order chi connectivity index (χ1) is 10.6. The van der Waals surface area contributed by atoms with Crippen molar-refractivity contribution in [3.63, 3.8) is 0 Å². The van der Waals surface area contributed by atoms with Gasteiger partial charge < -0.3 is 20.4 Å². The first-order valence-corrected chi connectivity index (χ1v) is 7.46. The molecule has 1 aromatic heterocycles. The summed E-state index contributed by atoms with van der Waals surface area (Å²) in [4.78, 5) is 20.8. The number of aryl methyl sites for hydroxylation is 1. The Kier molecular flexibility index (Phi) is 4.00. The van der Waals surface area contributed by atoms with E-state index in [9.17, 15) is 4.79 Å². The maximum Gasteiger partial charge on any atom is 0.410 e. The average molecular weight is 300 g/mol. The molecule has 116 valence electrons. The number of nitrogens with zero attached hydrogens (tertiary/aromatic N) is 2. The molecular weight excluding hydrogens is 280 g/mol. The van der Waals surface area contributed by atoms with Crippen molar-refractivity contribution in [2.45, 2.75) is 25.7 Å². The zero-order valence-electron chi connectivity index (χ0n) is 12.6. The van der Waals surface area contributed by atoms with Crippen LogP contribution in [0.2, 0.25) is 0 Å². The molecule has 6 heteroatoms. The summed E-state index contributed by atoms with van der Waals surface area (Å²) in [6.07, 6.45) is 3.02. The van der Waals surface area contributed by atoms with E-state index < -0.39 is 6.09 Å². The third-order valence-corrected chi connectivity index (χ3v) is 4.17. The molecule has 1 fully saturated rings. The predicted molar refractivity (Wildman–Crippen MR) is 84.2 cm³/mol. The molecule has 2 aromatic rings. The molecule has 0 unspecified atom stereocenters. The Morgan fingerprint density at radius 3 is 2.73 bits per heavy atom. The Balaban J connectivity index is 1.72. The zero-order chi connectivity index (χ0) is 15.5. The second-order valence-corrected chi connectivity index (χ2v) is 5.56. The van der Waals surface area contributed by atoms with Gasteiger partial charge in [-0.05, 0) is 31.9 Å². The number of anilines is 1. The molecular formula is C16H20N4O2. The number of piperidine rings is 1. The minimum atomic E-state index is -0.783. The van der Waals surface area contributed by atoms with Crippen LogP contribution in [0, 0.1) is 6.92 Å². The number of carbonyl (C=O) groups is 1. The lowest BCUT2D eigenvalue weighted by atomic mass is 9.92. The van der Waals surface area contributed by atoms with Crippen LogP contribution in [-0.4, -0.2) is 29.2 Å². The van der Waals surface area contributed by atoms with Gasteiger partial charge >= 0.3 is 6.09 Å². The molecule has 2 heterocycles. The van der Waals surface area contributed by atoms with Gasteiger partial charge in [-0.1, -0.05) is 12.1 Å². The maximum atomic E-state index is 11.0. The van der Waals surface area contributed by atoms with Gasteiger partial charge in [-0.25, -0.2) is 9.78 Å². The number of primary amides is 1. The number of ether oxygens (including phenoxy) is 1. The molecule has 1 amide bonds. The van der Waals surface area contributed by atoms with Crippen molar-refractivity contribution >= 4 is 11.8 Å². The number of benzene rings is 1. The number of aromatic nitrogens is 2. The van der Waals surface area contributed by atoms with Crippen molar-refractivity contribution < 1.29 is 9.53 Å². The number of hydrogen-bond donors (Lipinski definition) is 2.